The molecule has 0 saturated carbocycles. The van der Waals surface area contributed by atoms with E-state index in [0.29, 0.717) is 17.1 Å². The Hall–Kier alpha value is -2.40. The molecule has 0 aromatic heterocycles. The number of amides is 1. The summed E-state index contributed by atoms with van der Waals surface area (Å²) in [7, 11) is 0. The fraction of sp³-hybridized carbons (Fsp3) is 0.263. The van der Waals surface area contributed by atoms with Crippen LogP contribution in [-0.4, -0.2) is 18.0 Å². The van der Waals surface area contributed by atoms with E-state index < -0.39 is 18.0 Å². The first-order valence-corrected chi connectivity index (χ1v) is 8.24. The maximum atomic E-state index is 12.8. The first-order valence-electron chi connectivity index (χ1n) is 7.86. The van der Waals surface area contributed by atoms with E-state index in [2.05, 4.69) is 5.32 Å². The maximum Gasteiger partial charge on any atom is 0.306 e. The van der Waals surface area contributed by atoms with Crippen molar-refractivity contribution < 1.29 is 18.7 Å². The average Bonchev–Trinajstić information content (AvgIpc) is 2.57. The Morgan fingerprint density at radius 3 is 2.56 bits per heavy atom. The van der Waals surface area contributed by atoms with Crippen molar-refractivity contribution in [2.75, 3.05) is 5.32 Å². The van der Waals surface area contributed by atoms with Crippen LogP contribution >= 0.6 is 11.6 Å². The lowest BCUT2D eigenvalue weighted by atomic mass is 10.1. The van der Waals surface area contributed by atoms with Crippen molar-refractivity contribution in [3.8, 4) is 0 Å². The van der Waals surface area contributed by atoms with Gasteiger partial charge >= 0.3 is 5.97 Å². The van der Waals surface area contributed by atoms with Gasteiger partial charge in [0.2, 0.25) is 0 Å². The summed E-state index contributed by atoms with van der Waals surface area (Å²) in [6, 6.07) is 11.1. The van der Waals surface area contributed by atoms with Gasteiger partial charge < -0.3 is 10.1 Å². The molecule has 0 unspecified atom stereocenters. The average molecular weight is 364 g/mol. The molecule has 0 fully saturated rings. The first-order chi connectivity index (χ1) is 11.8. The van der Waals surface area contributed by atoms with Crippen LogP contribution in [-0.2, 0) is 20.7 Å². The summed E-state index contributed by atoms with van der Waals surface area (Å²) in [5.74, 6) is -1.25. The summed E-state index contributed by atoms with van der Waals surface area (Å²) >= 11 is 5.91. The van der Waals surface area contributed by atoms with Crippen LogP contribution in [0.4, 0.5) is 10.1 Å². The van der Waals surface area contributed by atoms with Crippen LogP contribution < -0.4 is 5.32 Å². The molecule has 1 amide bonds. The lowest BCUT2D eigenvalue weighted by Gasteiger charge is -2.15. The van der Waals surface area contributed by atoms with Gasteiger partial charge in [0.1, 0.15) is 5.82 Å². The van der Waals surface area contributed by atoms with Gasteiger partial charge in [-0.3, -0.25) is 9.59 Å². The summed E-state index contributed by atoms with van der Waals surface area (Å²) in [4.78, 5) is 24.0. The third-order valence-electron chi connectivity index (χ3n) is 3.67. The van der Waals surface area contributed by atoms with E-state index in [-0.39, 0.29) is 12.2 Å². The summed E-state index contributed by atoms with van der Waals surface area (Å²) < 4.78 is 18.0. The molecule has 1 atom stereocenters. The fourth-order valence-electron chi connectivity index (χ4n) is 2.17. The van der Waals surface area contributed by atoms with Gasteiger partial charge in [-0.2, -0.15) is 0 Å². The fourth-order valence-corrected chi connectivity index (χ4v) is 2.34. The van der Waals surface area contributed by atoms with Gasteiger partial charge in [-0.25, -0.2) is 4.39 Å². The van der Waals surface area contributed by atoms with E-state index in [1.807, 2.05) is 6.92 Å². The zero-order valence-electron chi connectivity index (χ0n) is 14.0. The molecule has 2 aromatic rings. The number of carbonyl (C=O) groups excluding carboxylic acids is 2. The molecule has 0 aliphatic rings. The minimum Gasteiger partial charge on any atom is -0.453 e. The first kappa shape index (κ1) is 18.9. The molecule has 0 bridgehead atoms. The van der Waals surface area contributed by atoms with Crippen molar-refractivity contribution in [1.29, 1.82) is 0 Å². The number of hydrogen-bond donors (Lipinski definition) is 1. The van der Waals surface area contributed by atoms with Crippen LogP contribution in [0.15, 0.2) is 42.5 Å². The van der Waals surface area contributed by atoms with Gasteiger partial charge in [-0.05, 0) is 55.7 Å². The SMILES string of the molecule is Cc1ccc(Cl)cc1NC(=O)[C@@H](C)OC(=O)CCc1ccc(F)cc1. The molecule has 0 aliphatic heterocycles. The lowest BCUT2D eigenvalue weighted by Crippen LogP contribution is -2.30. The van der Waals surface area contributed by atoms with Crippen LogP contribution in [0.1, 0.15) is 24.5 Å². The smallest absolute Gasteiger partial charge is 0.306 e. The molecule has 4 nitrogen and oxygen atoms in total. The third-order valence-corrected chi connectivity index (χ3v) is 3.90. The Kier molecular flexibility index (Phi) is 6.53. The zero-order chi connectivity index (χ0) is 18.4. The second-order valence-electron chi connectivity index (χ2n) is 5.71. The number of aryl methyl sites for hydroxylation is 2. The molecule has 0 radical (unpaired) electrons. The quantitative estimate of drug-likeness (QED) is 0.779. The minimum absolute atomic E-state index is 0.111. The van der Waals surface area contributed by atoms with Crippen molar-refractivity contribution in [2.24, 2.45) is 0 Å². The molecule has 132 valence electrons. The van der Waals surface area contributed by atoms with Gasteiger partial charge in [0.05, 0.1) is 0 Å². The molecule has 0 spiro atoms. The normalized spacial score (nSPS) is 11.7. The van der Waals surface area contributed by atoms with E-state index in [1.165, 1.54) is 19.1 Å². The highest BCUT2D eigenvalue weighted by Crippen LogP contribution is 2.20. The number of esters is 1. The van der Waals surface area contributed by atoms with Gasteiger partial charge in [0.15, 0.2) is 6.10 Å². The van der Waals surface area contributed by atoms with Crippen LogP contribution in [0.5, 0.6) is 0 Å². The van der Waals surface area contributed by atoms with Crippen molar-refractivity contribution in [3.63, 3.8) is 0 Å². The molecular formula is C19H19ClFNO3. The van der Waals surface area contributed by atoms with E-state index >= 15 is 0 Å². The number of anilines is 1. The van der Waals surface area contributed by atoms with E-state index in [4.69, 9.17) is 16.3 Å². The molecule has 25 heavy (non-hydrogen) atoms. The summed E-state index contributed by atoms with van der Waals surface area (Å²) in [6.07, 6.45) is -0.403. The number of rotatable bonds is 6. The molecule has 6 heteroatoms. The Bertz CT molecular complexity index is 762. The Labute approximate surface area is 150 Å². The Morgan fingerprint density at radius 1 is 1.20 bits per heavy atom. The highest BCUT2D eigenvalue weighted by Gasteiger charge is 2.18. The predicted molar refractivity (Wildman–Crippen MR) is 95.1 cm³/mol. The van der Waals surface area contributed by atoms with Crippen LogP contribution in [0.25, 0.3) is 0 Å². The molecule has 0 heterocycles. The predicted octanol–water partition coefficient (Wildman–Crippen LogP) is 4.29. The van der Waals surface area contributed by atoms with Crippen molar-refractivity contribution >= 4 is 29.2 Å². The molecule has 0 aliphatic carbocycles. The Balaban J connectivity index is 1.84. The minimum atomic E-state index is -0.931. The van der Waals surface area contributed by atoms with Crippen molar-refractivity contribution in [2.45, 2.75) is 32.8 Å². The summed E-state index contributed by atoms with van der Waals surface area (Å²) in [6.45, 7) is 3.34. The second-order valence-corrected chi connectivity index (χ2v) is 6.14. The maximum absolute atomic E-state index is 12.8. The topological polar surface area (TPSA) is 55.4 Å². The second kappa shape index (κ2) is 8.62. The number of nitrogens with one attached hydrogen (secondary N) is 1. The van der Waals surface area contributed by atoms with Crippen molar-refractivity contribution in [1.82, 2.24) is 0 Å². The van der Waals surface area contributed by atoms with E-state index in [9.17, 15) is 14.0 Å². The number of carbonyl (C=O) groups is 2. The van der Waals surface area contributed by atoms with Gasteiger partial charge in [0.25, 0.3) is 5.91 Å². The standard InChI is InChI=1S/C19H19ClFNO3/c1-12-3-7-15(20)11-17(12)22-19(24)13(2)25-18(23)10-6-14-4-8-16(21)9-5-14/h3-5,7-9,11,13H,6,10H2,1-2H3,(H,22,24)/t13-/m1/s1. The number of halogens is 2. The molecule has 2 aromatic carbocycles. The Morgan fingerprint density at radius 2 is 1.88 bits per heavy atom. The summed E-state index contributed by atoms with van der Waals surface area (Å²) in [5.41, 5.74) is 2.25. The zero-order valence-corrected chi connectivity index (χ0v) is 14.8. The highest BCUT2D eigenvalue weighted by atomic mass is 35.5. The highest BCUT2D eigenvalue weighted by molar-refractivity contribution is 6.31. The van der Waals surface area contributed by atoms with Crippen molar-refractivity contribution in [3.05, 3.63) is 64.4 Å². The summed E-state index contributed by atoms with van der Waals surface area (Å²) in [5, 5.41) is 3.20. The van der Waals surface area contributed by atoms with Gasteiger partial charge in [-0.1, -0.05) is 29.8 Å². The third kappa shape index (κ3) is 5.87. The monoisotopic (exact) mass is 363 g/mol. The number of hydrogen-bond acceptors (Lipinski definition) is 3. The largest absolute Gasteiger partial charge is 0.453 e. The molecule has 2 rings (SSSR count). The molecule has 1 N–H and O–H groups in total. The van der Waals surface area contributed by atoms with Gasteiger partial charge in [-0.15, -0.1) is 0 Å². The van der Waals surface area contributed by atoms with Crippen LogP contribution in [0.3, 0.4) is 0 Å². The van der Waals surface area contributed by atoms with E-state index in [0.717, 1.165) is 11.1 Å². The van der Waals surface area contributed by atoms with Crippen LogP contribution in [0.2, 0.25) is 5.02 Å². The van der Waals surface area contributed by atoms with E-state index in [1.54, 1.807) is 30.3 Å². The van der Waals surface area contributed by atoms with Crippen LogP contribution in [0, 0.1) is 12.7 Å². The number of benzene rings is 2. The molecule has 0 saturated heterocycles. The van der Waals surface area contributed by atoms with Gasteiger partial charge in [0, 0.05) is 17.1 Å². The molecular weight excluding hydrogens is 345 g/mol. The lowest BCUT2D eigenvalue weighted by molar-refractivity contribution is -0.153. The number of ether oxygens (including phenoxy) is 1.